The maximum absolute atomic E-state index is 12.0. The number of fused-ring (bicyclic) bond motifs is 1. The van der Waals surface area contributed by atoms with Crippen LogP contribution < -0.4 is 0 Å². The molecule has 0 aliphatic heterocycles. The number of aromatic nitrogens is 1. The first kappa shape index (κ1) is 27.3. The number of allylic oxidation sites excluding steroid dienone is 1. The molecule has 1 N–H and O–H groups in total. The molecular weight excluding hydrogens is 625 g/mol. The number of aliphatic hydroxyl groups is 1. The van der Waals surface area contributed by atoms with E-state index in [0.717, 1.165) is 16.8 Å². The van der Waals surface area contributed by atoms with Gasteiger partial charge in [0.2, 0.25) is 0 Å². The molecule has 0 atom stereocenters. The minimum absolute atomic E-state index is 0. The largest absolute Gasteiger partial charge is 0.507 e. The van der Waals surface area contributed by atoms with Crippen LogP contribution in [-0.4, -0.2) is 15.9 Å². The van der Waals surface area contributed by atoms with E-state index in [1.807, 2.05) is 62.5 Å². The van der Waals surface area contributed by atoms with E-state index in [2.05, 4.69) is 23.2 Å². The molecule has 1 heterocycles. The molecule has 0 spiro atoms. The average Bonchev–Trinajstić information content (AvgIpc) is 2.90. The van der Waals surface area contributed by atoms with Gasteiger partial charge in [0.05, 0.1) is 0 Å². The Balaban J connectivity index is 0.000000197. The van der Waals surface area contributed by atoms with Crippen LogP contribution >= 0.6 is 0 Å². The number of ketones is 1. The number of nitrogens with zero attached hydrogens (tertiary/aromatic N) is 1. The Labute approximate surface area is 228 Å². The summed E-state index contributed by atoms with van der Waals surface area (Å²) >= 11 is 0. The van der Waals surface area contributed by atoms with Crippen LogP contribution in [0.2, 0.25) is 0 Å². The SMILES string of the molecule is Cc1ccc(C(=O)/C=C(\O)c2ccc(C)cc2)cc1.[Pt].[c-]1ccc2c(c1-c1ccccn1)CCCC2. The normalized spacial score (nSPS) is 12.4. The van der Waals surface area contributed by atoms with Gasteiger partial charge in [-0.25, -0.2) is 0 Å². The van der Waals surface area contributed by atoms with E-state index in [1.165, 1.54) is 48.4 Å². The number of pyridine rings is 1. The van der Waals surface area contributed by atoms with Crippen LogP contribution in [0, 0.1) is 19.9 Å². The molecule has 1 aliphatic rings. The van der Waals surface area contributed by atoms with Crippen LogP contribution in [0.15, 0.2) is 91.1 Å². The Kier molecular flexibility index (Phi) is 9.96. The molecule has 1 aromatic heterocycles. The molecule has 0 unspecified atom stereocenters. The van der Waals surface area contributed by atoms with Crippen LogP contribution in [0.1, 0.15) is 51.0 Å². The van der Waals surface area contributed by atoms with Gasteiger partial charge in [-0.3, -0.25) is 4.79 Å². The minimum Gasteiger partial charge on any atom is -0.507 e. The summed E-state index contributed by atoms with van der Waals surface area (Å²) < 4.78 is 0. The summed E-state index contributed by atoms with van der Waals surface area (Å²) in [5.74, 6) is -0.205. The van der Waals surface area contributed by atoms with Crippen molar-refractivity contribution < 1.29 is 31.0 Å². The number of carbonyl (C=O) groups is 1. The van der Waals surface area contributed by atoms with E-state index in [0.29, 0.717) is 11.1 Å². The molecular formula is C32H30NO2Pt-. The van der Waals surface area contributed by atoms with Gasteiger partial charge in [0.25, 0.3) is 0 Å². The Bertz CT molecular complexity index is 1310. The van der Waals surface area contributed by atoms with Gasteiger partial charge in [0, 0.05) is 44.5 Å². The van der Waals surface area contributed by atoms with Gasteiger partial charge in [-0.05, 0) is 32.0 Å². The number of benzene rings is 3. The van der Waals surface area contributed by atoms with E-state index in [-0.39, 0.29) is 32.6 Å². The Hall–Kier alpha value is -3.29. The summed E-state index contributed by atoms with van der Waals surface area (Å²) in [6.45, 7) is 3.94. The van der Waals surface area contributed by atoms with E-state index in [4.69, 9.17) is 0 Å². The monoisotopic (exact) mass is 655 g/mol. The van der Waals surface area contributed by atoms with Crippen LogP contribution in [-0.2, 0) is 33.9 Å². The fourth-order valence-corrected chi connectivity index (χ4v) is 4.18. The van der Waals surface area contributed by atoms with Crippen molar-refractivity contribution in [2.75, 3.05) is 0 Å². The van der Waals surface area contributed by atoms with Gasteiger partial charge in [0.1, 0.15) is 5.76 Å². The molecule has 0 amide bonds. The average molecular weight is 656 g/mol. The van der Waals surface area contributed by atoms with E-state index in [1.54, 1.807) is 24.3 Å². The minimum atomic E-state index is -0.196. The Morgan fingerprint density at radius 2 is 1.50 bits per heavy atom. The fourth-order valence-electron chi connectivity index (χ4n) is 4.18. The fraction of sp³-hybridized carbons (Fsp3) is 0.188. The van der Waals surface area contributed by atoms with Gasteiger partial charge in [-0.15, -0.1) is 34.9 Å². The topological polar surface area (TPSA) is 50.2 Å². The number of aryl methyl sites for hydroxylation is 3. The van der Waals surface area contributed by atoms with Crippen molar-refractivity contribution in [1.82, 2.24) is 4.98 Å². The van der Waals surface area contributed by atoms with E-state index >= 15 is 0 Å². The molecule has 0 radical (unpaired) electrons. The van der Waals surface area contributed by atoms with Gasteiger partial charge in [-0.2, -0.15) is 0 Å². The summed E-state index contributed by atoms with van der Waals surface area (Å²) in [5, 5.41) is 9.94. The van der Waals surface area contributed by atoms with Gasteiger partial charge in [0.15, 0.2) is 5.78 Å². The van der Waals surface area contributed by atoms with Crippen molar-refractivity contribution in [2.24, 2.45) is 0 Å². The molecule has 4 aromatic rings. The summed E-state index contributed by atoms with van der Waals surface area (Å²) in [7, 11) is 0. The van der Waals surface area contributed by atoms with Gasteiger partial charge < -0.3 is 10.1 Å². The third-order valence-corrected chi connectivity index (χ3v) is 6.20. The summed E-state index contributed by atoms with van der Waals surface area (Å²) in [4.78, 5) is 16.4. The number of aliphatic hydroxyl groups excluding tert-OH is 1. The second-order valence-corrected chi connectivity index (χ2v) is 8.90. The van der Waals surface area contributed by atoms with Crippen molar-refractivity contribution >= 4 is 11.5 Å². The second kappa shape index (κ2) is 13.1. The molecule has 1 aliphatic carbocycles. The predicted molar refractivity (Wildman–Crippen MR) is 142 cm³/mol. The maximum Gasteiger partial charge on any atom is 0.189 e. The first-order valence-corrected chi connectivity index (χ1v) is 12.0. The Morgan fingerprint density at radius 3 is 2.14 bits per heavy atom. The van der Waals surface area contributed by atoms with Crippen LogP contribution in [0.5, 0.6) is 0 Å². The predicted octanol–water partition coefficient (Wildman–Crippen LogP) is 7.51. The zero-order valence-electron chi connectivity index (χ0n) is 20.6. The first-order chi connectivity index (χ1) is 17.0. The maximum atomic E-state index is 12.0. The van der Waals surface area contributed by atoms with Gasteiger partial charge >= 0.3 is 0 Å². The summed E-state index contributed by atoms with van der Waals surface area (Å²) in [6, 6.07) is 28.3. The molecule has 0 fully saturated rings. The van der Waals surface area contributed by atoms with Gasteiger partial charge in [-0.1, -0.05) is 91.1 Å². The molecule has 3 nitrogen and oxygen atoms in total. The number of hydrogen-bond acceptors (Lipinski definition) is 3. The van der Waals surface area contributed by atoms with E-state index < -0.39 is 0 Å². The molecule has 186 valence electrons. The molecule has 4 heteroatoms. The second-order valence-electron chi connectivity index (χ2n) is 8.90. The molecule has 0 saturated heterocycles. The molecule has 0 saturated carbocycles. The quantitative estimate of drug-likeness (QED) is 0.107. The number of hydrogen-bond donors (Lipinski definition) is 1. The third kappa shape index (κ3) is 7.12. The van der Waals surface area contributed by atoms with Crippen molar-refractivity contribution in [2.45, 2.75) is 39.5 Å². The molecule has 3 aromatic carbocycles. The molecule has 0 bridgehead atoms. The van der Waals surface area contributed by atoms with Crippen molar-refractivity contribution in [3.8, 4) is 11.3 Å². The van der Waals surface area contributed by atoms with E-state index in [9.17, 15) is 9.90 Å². The van der Waals surface area contributed by atoms with Crippen molar-refractivity contribution in [1.29, 1.82) is 0 Å². The standard InChI is InChI=1S/C17H16O2.C15H14N.Pt/c1-12-3-7-14(8-4-12)16(18)11-17(19)15-9-5-13(2)6-10-15;1-2-8-13-12(6-1)7-5-9-14(13)15-10-3-4-11-16-15;/h3-11,18H,1-2H3;3-5,7,10-11H,1-2,6,8H2;/q;-1;/b16-11-;;. The smallest absolute Gasteiger partial charge is 0.189 e. The van der Waals surface area contributed by atoms with Crippen molar-refractivity contribution in [3.05, 3.63) is 131 Å². The summed E-state index contributed by atoms with van der Waals surface area (Å²) in [5.41, 5.74) is 8.65. The van der Waals surface area contributed by atoms with Crippen LogP contribution in [0.3, 0.4) is 0 Å². The first-order valence-electron chi connectivity index (χ1n) is 12.0. The number of carbonyl (C=O) groups excluding carboxylic acids is 1. The zero-order valence-corrected chi connectivity index (χ0v) is 22.9. The van der Waals surface area contributed by atoms with Crippen LogP contribution in [0.25, 0.3) is 17.0 Å². The summed E-state index contributed by atoms with van der Waals surface area (Å²) in [6.07, 6.45) is 8.12. The van der Waals surface area contributed by atoms with Crippen LogP contribution in [0.4, 0.5) is 0 Å². The molecule has 5 rings (SSSR count). The third-order valence-electron chi connectivity index (χ3n) is 6.20. The van der Waals surface area contributed by atoms with Crippen molar-refractivity contribution in [3.63, 3.8) is 0 Å². The Morgan fingerprint density at radius 1 is 0.861 bits per heavy atom. The molecule has 36 heavy (non-hydrogen) atoms. The number of rotatable bonds is 4. The zero-order chi connectivity index (χ0) is 24.6.